The van der Waals surface area contributed by atoms with Gasteiger partial charge in [0.2, 0.25) is 5.91 Å². The Morgan fingerprint density at radius 3 is 2.53 bits per heavy atom. The minimum Gasteiger partial charge on any atom is -0.326 e. The van der Waals surface area contributed by atoms with Crippen molar-refractivity contribution in [3.63, 3.8) is 0 Å². The van der Waals surface area contributed by atoms with Gasteiger partial charge in [0.15, 0.2) is 0 Å². The van der Waals surface area contributed by atoms with Crippen LogP contribution in [-0.2, 0) is 9.59 Å². The second kappa shape index (κ2) is 4.65. The summed E-state index contributed by atoms with van der Waals surface area (Å²) in [6.07, 6.45) is -0.0769. The fraction of sp³-hybridized carbons (Fsp3) is 0.182. The number of hydrogen-bond donors (Lipinski definition) is 3. The molecule has 0 unspecified atom stereocenters. The van der Waals surface area contributed by atoms with E-state index in [-0.39, 0.29) is 12.3 Å². The lowest BCUT2D eigenvalue weighted by atomic mass is 10.2. The highest BCUT2D eigenvalue weighted by Crippen LogP contribution is 2.07. The van der Waals surface area contributed by atoms with E-state index in [1.807, 2.05) is 6.07 Å². The Bertz CT molecular complexity index is 458. The second-order valence-corrected chi connectivity index (χ2v) is 3.63. The molecule has 6 heteroatoms. The highest BCUT2D eigenvalue weighted by molar-refractivity contribution is 6.06. The Kier molecular flexibility index (Phi) is 3.04. The number of hydrogen-bond acceptors (Lipinski definition) is 3. The van der Waals surface area contributed by atoms with Gasteiger partial charge >= 0.3 is 6.03 Å². The summed E-state index contributed by atoms with van der Waals surface area (Å²) in [6.45, 7) is 0. The van der Waals surface area contributed by atoms with Gasteiger partial charge in [0.1, 0.15) is 6.04 Å². The number of anilines is 1. The van der Waals surface area contributed by atoms with Crippen LogP contribution in [0.1, 0.15) is 6.42 Å². The van der Waals surface area contributed by atoms with Gasteiger partial charge in [-0.3, -0.25) is 14.9 Å². The zero-order chi connectivity index (χ0) is 12.3. The number of benzene rings is 1. The van der Waals surface area contributed by atoms with Gasteiger partial charge in [0.25, 0.3) is 5.91 Å². The Morgan fingerprint density at radius 2 is 1.94 bits per heavy atom. The van der Waals surface area contributed by atoms with Gasteiger partial charge in [-0.2, -0.15) is 0 Å². The standard InChI is InChI=1S/C11H11N3O3/c15-9(12-7-4-2-1-3-5-7)6-8-10(16)14-11(17)13-8/h1-5,8H,6H2,(H,12,15)(H2,13,14,16,17)/t8-/m1/s1. The Balaban J connectivity index is 1.90. The topological polar surface area (TPSA) is 87.3 Å². The monoisotopic (exact) mass is 233 g/mol. The van der Waals surface area contributed by atoms with E-state index in [0.29, 0.717) is 5.69 Å². The fourth-order valence-corrected chi connectivity index (χ4v) is 1.52. The molecule has 4 amide bonds. The van der Waals surface area contributed by atoms with E-state index >= 15 is 0 Å². The van der Waals surface area contributed by atoms with Crippen LogP contribution < -0.4 is 16.0 Å². The van der Waals surface area contributed by atoms with Crippen molar-refractivity contribution in [2.24, 2.45) is 0 Å². The molecule has 1 aliphatic heterocycles. The maximum atomic E-state index is 11.6. The second-order valence-electron chi connectivity index (χ2n) is 3.63. The summed E-state index contributed by atoms with van der Waals surface area (Å²) in [6, 6.07) is 7.55. The number of carbonyl (C=O) groups is 3. The van der Waals surface area contributed by atoms with Crippen molar-refractivity contribution in [2.45, 2.75) is 12.5 Å². The molecule has 0 aromatic heterocycles. The molecule has 3 N–H and O–H groups in total. The third-order valence-electron chi connectivity index (χ3n) is 2.31. The van der Waals surface area contributed by atoms with Gasteiger partial charge in [-0.05, 0) is 12.1 Å². The molecule has 1 fully saturated rings. The first kappa shape index (κ1) is 11.1. The zero-order valence-corrected chi connectivity index (χ0v) is 8.90. The molecule has 6 nitrogen and oxygen atoms in total. The van der Waals surface area contributed by atoms with Crippen molar-refractivity contribution < 1.29 is 14.4 Å². The number of imide groups is 1. The molecule has 1 aliphatic rings. The van der Waals surface area contributed by atoms with E-state index in [1.54, 1.807) is 24.3 Å². The van der Waals surface area contributed by atoms with Crippen LogP contribution in [0.25, 0.3) is 0 Å². The maximum Gasteiger partial charge on any atom is 0.322 e. The molecule has 1 atom stereocenters. The lowest BCUT2D eigenvalue weighted by Gasteiger charge is -2.07. The number of urea groups is 1. The van der Waals surface area contributed by atoms with Crippen LogP contribution in [0.15, 0.2) is 30.3 Å². The lowest BCUT2D eigenvalue weighted by Crippen LogP contribution is -2.33. The van der Waals surface area contributed by atoms with Gasteiger partial charge in [0.05, 0.1) is 6.42 Å². The average Bonchev–Trinajstić information content (AvgIpc) is 2.58. The Morgan fingerprint density at radius 1 is 1.24 bits per heavy atom. The van der Waals surface area contributed by atoms with Gasteiger partial charge in [-0.25, -0.2) is 4.79 Å². The molecule has 88 valence electrons. The van der Waals surface area contributed by atoms with Crippen LogP contribution in [0.5, 0.6) is 0 Å². The predicted molar refractivity (Wildman–Crippen MR) is 60.2 cm³/mol. The van der Waals surface area contributed by atoms with Crippen molar-refractivity contribution in [1.29, 1.82) is 0 Å². The smallest absolute Gasteiger partial charge is 0.322 e. The highest BCUT2D eigenvalue weighted by Gasteiger charge is 2.31. The van der Waals surface area contributed by atoms with Crippen LogP contribution in [0.2, 0.25) is 0 Å². The number of para-hydroxylation sites is 1. The number of amides is 4. The predicted octanol–water partition coefficient (Wildman–Crippen LogP) is 0.223. The quantitative estimate of drug-likeness (QED) is 0.653. The molecule has 1 aromatic carbocycles. The van der Waals surface area contributed by atoms with Gasteiger partial charge < -0.3 is 10.6 Å². The number of carbonyl (C=O) groups excluding carboxylic acids is 3. The summed E-state index contributed by atoms with van der Waals surface area (Å²) in [5, 5.41) is 7.06. The van der Waals surface area contributed by atoms with Gasteiger partial charge in [-0.15, -0.1) is 0 Å². The lowest BCUT2D eigenvalue weighted by molar-refractivity contribution is -0.124. The Labute approximate surface area is 97.4 Å². The molecule has 0 bridgehead atoms. The number of nitrogens with one attached hydrogen (secondary N) is 3. The van der Waals surface area contributed by atoms with Crippen LogP contribution in [0.3, 0.4) is 0 Å². The van der Waals surface area contributed by atoms with Crippen molar-refractivity contribution in [3.8, 4) is 0 Å². The highest BCUT2D eigenvalue weighted by atomic mass is 16.2. The van der Waals surface area contributed by atoms with Crippen LogP contribution in [-0.4, -0.2) is 23.9 Å². The first-order valence-corrected chi connectivity index (χ1v) is 5.11. The molecule has 0 spiro atoms. The van der Waals surface area contributed by atoms with E-state index in [9.17, 15) is 14.4 Å². The molecule has 0 radical (unpaired) electrons. The minimum atomic E-state index is -0.786. The molecule has 1 saturated heterocycles. The normalized spacial score (nSPS) is 18.5. The molecule has 1 heterocycles. The maximum absolute atomic E-state index is 11.6. The summed E-state index contributed by atoms with van der Waals surface area (Å²) < 4.78 is 0. The summed E-state index contributed by atoms with van der Waals surface area (Å²) in [5.41, 5.74) is 0.655. The third-order valence-corrected chi connectivity index (χ3v) is 2.31. The van der Waals surface area contributed by atoms with Crippen molar-refractivity contribution in [2.75, 3.05) is 5.32 Å². The summed E-state index contributed by atoms with van der Waals surface area (Å²) in [4.78, 5) is 33.6. The van der Waals surface area contributed by atoms with E-state index < -0.39 is 18.0 Å². The third kappa shape index (κ3) is 2.81. The van der Waals surface area contributed by atoms with Crippen LogP contribution in [0, 0.1) is 0 Å². The molecule has 0 saturated carbocycles. The molecule has 17 heavy (non-hydrogen) atoms. The Hall–Kier alpha value is -2.37. The first-order chi connectivity index (χ1) is 8.15. The van der Waals surface area contributed by atoms with E-state index in [0.717, 1.165) is 0 Å². The van der Waals surface area contributed by atoms with E-state index in [4.69, 9.17) is 0 Å². The summed E-state index contributed by atoms with van der Waals surface area (Å²) in [5.74, 6) is -0.795. The van der Waals surface area contributed by atoms with Gasteiger partial charge in [-0.1, -0.05) is 18.2 Å². The van der Waals surface area contributed by atoms with Crippen LogP contribution in [0.4, 0.5) is 10.5 Å². The molecule has 1 aromatic rings. The first-order valence-electron chi connectivity index (χ1n) is 5.11. The fourth-order valence-electron chi connectivity index (χ4n) is 1.52. The number of rotatable bonds is 3. The van der Waals surface area contributed by atoms with Crippen molar-refractivity contribution in [3.05, 3.63) is 30.3 Å². The molecular formula is C11H11N3O3. The SMILES string of the molecule is O=C(C[C@H]1NC(=O)NC1=O)Nc1ccccc1. The van der Waals surface area contributed by atoms with E-state index in [1.165, 1.54) is 0 Å². The van der Waals surface area contributed by atoms with Crippen LogP contribution >= 0.6 is 0 Å². The molecular weight excluding hydrogens is 222 g/mol. The molecule has 0 aliphatic carbocycles. The average molecular weight is 233 g/mol. The summed E-state index contributed by atoms with van der Waals surface area (Å²) >= 11 is 0. The zero-order valence-electron chi connectivity index (χ0n) is 8.90. The summed E-state index contributed by atoms with van der Waals surface area (Å²) in [7, 11) is 0. The van der Waals surface area contributed by atoms with Crippen molar-refractivity contribution in [1.82, 2.24) is 10.6 Å². The molecule has 2 rings (SSSR count). The largest absolute Gasteiger partial charge is 0.326 e. The van der Waals surface area contributed by atoms with Gasteiger partial charge in [0, 0.05) is 5.69 Å². The van der Waals surface area contributed by atoms with Crippen molar-refractivity contribution >= 4 is 23.5 Å². The minimum absolute atomic E-state index is 0.0769. The van der Waals surface area contributed by atoms with E-state index in [2.05, 4.69) is 16.0 Å².